The molecule has 1 aromatic carbocycles. The Bertz CT molecular complexity index is 1430. The Labute approximate surface area is 294 Å². The number of unbranched alkanes of at least 4 members (excludes halogenated alkanes) is 1. The summed E-state index contributed by atoms with van der Waals surface area (Å²) in [5.74, 6) is -3.09. The van der Waals surface area contributed by atoms with Crippen LogP contribution in [-0.4, -0.2) is 88.4 Å². The molecule has 1 saturated heterocycles. The molecule has 0 radical (unpaired) electrons. The number of aromatic nitrogens is 2. The number of fused-ring (bicyclic) bond motifs is 1. The molecule has 1 aliphatic heterocycles. The molecule has 0 unspecified atom stereocenters. The van der Waals surface area contributed by atoms with E-state index < -0.39 is 5.92 Å². The highest BCUT2D eigenvalue weighted by Gasteiger charge is 2.38. The summed E-state index contributed by atoms with van der Waals surface area (Å²) in [5, 5.41) is 3.28. The second-order valence-electron chi connectivity index (χ2n) is 14.2. The molecule has 8 nitrogen and oxygen atoms in total. The van der Waals surface area contributed by atoms with Gasteiger partial charge in [0, 0.05) is 81.3 Å². The van der Waals surface area contributed by atoms with Crippen molar-refractivity contribution in [3.63, 3.8) is 0 Å². The van der Waals surface area contributed by atoms with Gasteiger partial charge in [0.1, 0.15) is 0 Å². The first-order valence-corrected chi connectivity index (χ1v) is 19.2. The molecule has 3 aromatic rings. The van der Waals surface area contributed by atoms with Crippen LogP contribution in [0.3, 0.4) is 0 Å². The molecular weight excluding hydrogens is 641 g/mol. The van der Waals surface area contributed by atoms with E-state index in [9.17, 15) is 13.6 Å². The van der Waals surface area contributed by atoms with E-state index in [2.05, 4.69) is 49.3 Å². The lowest BCUT2D eigenvalue weighted by Gasteiger charge is -2.45. The van der Waals surface area contributed by atoms with Gasteiger partial charge in [0.25, 0.3) is 0 Å². The van der Waals surface area contributed by atoms with Crippen LogP contribution in [0.15, 0.2) is 60.4 Å². The van der Waals surface area contributed by atoms with Crippen molar-refractivity contribution in [3.8, 4) is 0 Å². The predicted molar refractivity (Wildman–Crippen MR) is 191 cm³/mol. The largest absolute Gasteiger partial charge is 0.349 e. The first kappa shape index (κ1) is 36.0. The van der Waals surface area contributed by atoms with Gasteiger partial charge in [-0.15, -0.1) is 11.3 Å². The van der Waals surface area contributed by atoms with E-state index in [-0.39, 0.29) is 43.6 Å². The van der Waals surface area contributed by atoms with Crippen LogP contribution < -0.4 is 11.1 Å². The SMILES string of the molecule is NCCCCN(C[C@H]1CN(CC[C@H](NC(=O)C2CCC(F)(F)CC2)c2ccccc2)CCN1Cc1cncs1)[C@H]1CCCc2cccnc21. The maximum Gasteiger partial charge on any atom is 0.248 e. The number of pyridine rings is 1. The van der Waals surface area contributed by atoms with Gasteiger partial charge in [-0.2, -0.15) is 0 Å². The van der Waals surface area contributed by atoms with Gasteiger partial charge >= 0.3 is 0 Å². The Kier molecular flexibility index (Phi) is 12.8. The number of halogens is 2. The van der Waals surface area contributed by atoms with Crippen LogP contribution >= 0.6 is 11.3 Å². The Hall–Kier alpha value is -2.83. The van der Waals surface area contributed by atoms with E-state index in [0.717, 1.165) is 83.5 Å². The van der Waals surface area contributed by atoms with E-state index in [1.54, 1.807) is 11.3 Å². The van der Waals surface area contributed by atoms with E-state index in [1.165, 1.54) is 22.6 Å². The minimum absolute atomic E-state index is 0.0916. The standard InChI is InChI=1S/C38H53F2N7OS/c39-38(40)16-13-31(14-17-38)37(48)44-34(29-8-2-1-3-9-29)15-21-45-22-23-46(27-33-24-42-28-49-33)32(25-45)26-47(20-5-4-18-41)35-12-6-10-30-11-7-19-43-36(30)35/h1-3,7-9,11,19,24,28,31-32,34-35H,4-6,10,12-18,20-23,25-27,41H2,(H,44,48)/t32-,34+,35+/m1/s1. The smallest absolute Gasteiger partial charge is 0.248 e. The van der Waals surface area contributed by atoms with Crippen molar-refractivity contribution in [2.45, 2.75) is 94.8 Å². The third-order valence-corrected chi connectivity index (χ3v) is 11.6. The Morgan fingerprint density at radius 2 is 1.94 bits per heavy atom. The summed E-state index contributed by atoms with van der Waals surface area (Å²) in [6.07, 6.45) is 10.2. The van der Waals surface area contributed by atoms with Gasteiger partial charge in [-0.1, -0.05) is 36.4 Å². The lowest BCUT2D eigenvalue weighted by Crippen LogP contribution is -2.57. The zero-order valence-electron chi connectivity index (χ0n) is 28.7. The lowest BCUT2D eigenvalue weighted by atomic mass is 9.86. The molecule has 0 bridgehead atoms. The van der Waals surface area contributed by atoms with Crippen molar-refractivity contribution in [2.24, 2.45) is 11.7 Å². The van der Waals surface area contributed by atoms with Crippen molar-refractivity contribution in [1.82, 2.24) is 30.0 Å². The van der Waals surface area contributed by atoms with Crippen LogP contribution in [0.2, 0.25) is 0 Å². The Morgan fingerprint density at radius 3 is 2.71 bits per heavy atom. The molecule has 3 N–H and O–H groups in total. The van der Waals surface area contributed by atoms with Crippen molar-refractivity contribution in [3.05, 3.63) is 82.1 Å². The number of carbonyl (C=O) groups is 1. The summed E-state index contributed by atoms with van der Waals surface area (Å²) >= 11 is 1.72. The Balaban J connectivity index is 1.16. The molecule has 1 saturated carbocycles. The van der Waals surface area contributed by atoms with Crippen LogP contribution in [0, 0.1) is 5.92 Å². The minimum Gasteiger partial charge on any atom is -0.349 e. The number of alkyl halides is 2. The summed E-state index contributed by atoms with van der Waals surface area (Å²) in [6, 6.07) is 14.9. The maximum atomic E-state index is 13.8. The number of benzene rings is 1. The van der Waals surface area contributed by atoms with Crippen molar-refractivity contribution < 1.29 is 13.6 Å². The summed E-state index contributed by atoms with van der Waals surface area (Å²) in [7, 11) is 0. The third-order valence-electron chi connectivity index (χ3n) is 10.8. The molecular formula is C38H53F2N7OS. The molecule has 2 fully saturated rings. The lowest BCUT2D eigenvalue weighted by molar-refractivity contribution is -0.130. The van der Waals surface area contributed by atoms with E-state index in [0.29, 0.717) is 18.6 Å². The summed E-state index contributed by atoms with van der Waals surface area (Å²) in [5.41, 5.74) is 11.5. The summed E-state index contributed by atoms with van der Waals surface area (Å²) < 4.78 is 27.7. The minimum atomic E-state index is -2.65. The van der Waals surface area contributed by atoms with E-state index in [1.807, 2.05) is 36.1 Å². The second kappa shape index (κ2) is 17.4. The highest BCUT2D eigenvalue weighted by atomic mass is 32.1. The Morgan fingerprint density at radius 1 is 1.10 bits per heavy atom. The van der Waals surface area contributed by atoms with Crippen LogP contribution in [0.1, 0.15) is 91.6 Å². The van der Waals surface area contributed by atoms with Gasteiger partial charge in [0.15, 0.2) is 0 Å². The molecule has 3 heterocycles. The predicted octanol–water partition coefficient (Wildman–Crippen LogP) is 6.22. The quantitative estimate of drug-likeness (QED) is 0.183. The first-order chi connectivity index (χ1) is 23.9. The van der Waals surface area contributed by atoms with Crippen molar-refractivity contribution in [1.29, 1.82) is 0 Å². The zero-order chi connectivity index (χ0) is 34.1. The number of piperazine rings is 1. The molecule has 3 atom stereocenters. The maximum absolute atomic E-state index is 13.8. The molecule has 2 aromatic heterocycles. The van der Waals surface area contributed by atoms with Gasteiger partial charge in [-0.25, -0.2) is 8.78 Å². The fourth-order valence-corrected chi connectivity index (χ4v) is 8.64. The molecule has 1 amide bonds. The van der Waals surface area contributed by atoms with Crippen LogP contribution in [0.4, 0.5) is 8.78 Å². The number of nitrogens with zero attached hydrogens (tertiary/aromatic N) is 5. The number of rotatable bonds is 15. The normalized spacial score (nSPS) is 22.5. The van der Waals surface area contributed by atoms with Gasteiger partial charge in [0.2, 0.25) is 11.8 Å². The van der Waals surface area contributed by atoms with Crippen molar-refractivity contribution in [2.75, 3.05) is 45.8 Å². The number of nitrogens with two attached hydrogens (primary N) is 1. The third kappa shape index (κ3) is 9.91. The topological polar surface area (TPSA) is 90.6 Å². The highest BCUT2D eigenvalue weighted by Crippen LogP contribution is 2.37. The van der Waals surface area contributed by atoms with E-state index in [4.69, 9.17) is 10.7 Å². The fraction of sp³-hybridized carbons (Fsp3) is 0.605. The molecule has 2 aliphatic carbocycles. The van der Waals surface area contributed by atoms with Crippen LogP contribution in [0.25, 0.3) is 0 Å². The first-order valence-electron chi connectivity index (χ1n) is 18.3. The molecule has 49 heavy (non-hydrogen) atoms. The van der Waals surface area contributed by atoms with Crippen molar-refractivity contribution >= 4 is 17.2 Å². The molecule has 11 heteroatoms. The fourth-order valence-electron chi connectivity index (χ4n) is 8.02. The summed E-state index contributed by atoms with van der Waals surface area (Å²) in [4.78, 5) is 31.8. The molecule has 3 aliphatic rings. The number of nitrogens with one attached hydrogen (secondary N) is 1. The average Bonchev–Trinajstić information content (AvgIpc) is 3.64. The highest BCUT2D eigenvalue weighted by molar-refractivity contribution is 7.09. The second-order valence-corrected chi connectivity index (χ2v) is 15.2. The van der Waals surface area contributed by atoms with Gasteiger partial charge in [-0.05, 0) is 81.6 Å². The van der Waals surface area contributed by atoms with Gasteiger partial charge < -0.3 is 16.0 Å². The average molecular weight is 694 g/mol. The molecule has 6 rings (SSSR count). The molecule has 0 spiro atoms. The van der Waals surface area contributed by atoms with Crippen LogP contribution in [-0.2, 0) is 17.8 Å². The monoisotopic (exact) mass is 693 g/mol. The van der Waals surface area contributed by atoms with Crippen LogP contribution in [0.5, 0.6) is 0 Å². The van der Waals surface area contributed by atoms with Gasteiger partial charge in [0.05, 0.1) is 23.3 Å². The number of hydrogen-bond donors (Lipinski definition) is 2. The van der Waals surface area contributed by atoms with E-state index >= 15 is 0 Å². The number of carbonyl (C=O) groups excluding carboxylic acids is 1. The molecule has 266 valence electrons. The number of aryl methyl sites for hydroxylation is 1. The number of thiazole rings is 1. The number of hydrogen-bond acceptors (Lipinski definition) is 8. The summed E-state index contributed by atoms with van der Waals surface area (Å²) in [6.45, 7) is 7.22. The zero-order valence-corrected chi connectivity index (χ0v) is 29.5. The number of amides is 1. The van der Waals surface area contributed by atoms with Gasteiger partial charge in [-0.3, -0.25) is 24.6 Å².